The first kappa shape index (κ1) is 24.1. The summed E-state index contributed by atoms with van der Waals surface area (Å²) < 4.78 is 69.3. The van der Waals surface area contributed by atoms with E-state index in [0.29, 0.717) is 23.2 Å². The molecule has 0 spiro atoms. The average Bonchev–Trinajstić information content (AvgIpc) is 3.44. The summed E-state index contributed by atoms with van der Waals surface area (Å²) in [5.74, 6) is -0.797. The van der Waals surface area contributed by atoms with E-state index in [9.17, 15) is 26.4 Å². The minimum atomic E-state index is -4.43. The molecule has 3 atom stereocenters. The van der Waals surface area contributed by atoms with Crippen LogP contribution in [0.2, 0.25) is 0 Å². The Morgan fingerprint density at radius 1 is 1.19 bits per heavy atom. The van der Waals surface area contributed by atoms with Gasteiger partial charge in [0.25, 0.3) is 0 Å². The van der Waals surface area contributed by atoms with Gasteiger partial charge in [0.15, 0.2) is 0 Å². The van der Waals surface area contributed by atoms with Crippen molar-refractivity contribution < 1.29 is 31.1 Å². The van der Waals surface area contributed by atoms with E-state index < -0.39 is 33.3 Å². The van der Waals surface area contributed by atoms with Crippen LogP contribution in [0.3, 0.4) is 0 Å². The molecule has 1 fully saturated rings. The first-order valence-corrected chi connectivity index (χ1v) is 11.8. The molecule has 10 heteroatoms. The molecule has 2 aromatic rings. The summed E-state index contributed by atoms with van der Waals surface area (Å²) in [5, 5.41) is 2.91. The van der Waals surface area contributed by atoms with Crippen LogP contribution in [-0.2, 0) is 31.3 Å². The third-order valence-corrected chi connectivity index (χ3v) is 6.29. The normalized spacial score (nSPS) is 21.7. The fourth-order valence-corrected chi connectivity index (χ4v) is 4.45. The molecular formula is C22H25F3N2O4S. The Morgan fingerprint density at radius 3 is 2.31 bits per heavy atom. The number of methoxy groups -OCH3 is 1. The van der Waals surface area contributed by atoms with Crippen LogP contribution >= 0.6 is 0 Å². The van der Waals surface area contributed by atoms with Crippen LogP contribution in [0.15, 0.2) is 42.5 Å². The van der Waals surface area contributed by atoms with Crippen molar-refractivity contribution in [2.24, 2.45) is 5.92 Å². The molecule has 2 aromatic carbocycles. The Hall–Kier alpha value is -2.59. The molecule has 1 saturated carbocycles. The number of hydrogen-bond acceptors (Lipinski definition) is 4. The van der Waals surface area contributed by atoms with Gasteiger partial charge in [-0.25, -0.2) is 8.42 Å². The Morgan fingerprint density at radius 2 is 1.81 bits per heavy atom. The van der Waals surface area contributed by atoms with Gasteiger partial charge in [-0.2, -0.15) is 13.2 Å². The SMILES string of the molecule is COC1(c2ccc(C(F)(F)F)cc2)C[C@H]1C(=O)NC(C)c1ccc(NS(C)(=O)=O)c(C)c1. The van der Waals surface area contributed by atoms with Gasteiger partial charge in [0.05, 0.1) is 29.5 Å². The number of carbonyl (C=O) groups is 1. The maximum Gasteiger partial charge on any atom is 0.416 e. The summed E-state index contributed by atoms with van der Waals surface area (Å²) in [5.41, 5.74) is 0.759. The maximum absolute atomic E-state index is 12.8. The van der Waals surface area contributed by atoms with Crippen LogP contribution in [0.5, 0.6) is 0 Å². The van der Waals surface area contributed by atoms with Crippen molar-refractivity contribution in [1.29, 1.82) is 0 Å². The lowest BCUT2D eigenvalue weighted by molar-refractivity contribution is -0.137. The number of anilines is 1. The molecule has 1 aliphatic rings. The van der Waals surface area contributed by atoms with Crippen molar-refractivity contribution in [2.75, 3.05) is 18.1 Å². The van der Waals surface area contributed by atoms with Crippen LogP contribution < -0.4 is 10.0 Å². The largest absolute Gasteiger partial charge is 0.416 e. The first-order valence-electron chi connectivity index (χ1n) is 9.88. The van der Waals surface area contributed by atoms with E-state index in [1.54, 1.807) is 32.0 Å². The fourth-order valence-electron chi connectivity index (χ4n) is 3.82. The van der Waals surface area contributed by atoms with Crippen molar-refractivity contribution in [3.05, 3.63) is 64.7 Å². The molecule has 0 aromatic heterocycles. The van der Waals surface area contributed by atoms with E-state index in [4.69, 9.17) is 4.74 Å². The van der Waals surface area contributed by atoms with Crippen LogP contribution in [-0.4, -0.2) is 27.7 Å². The van der Waals surface area contributed by atoms with Gasteiger partial charge in [-0.05, 0) is 55.2 Å². The van der Waals surface area contributed by atoms with Crippen LogP contribution in [0.25, 0.3) is 0 Å². The van der Waals surface area contributed by atoms with E-state index in [1.165, 1.54) is 19.2 Å². The molecule has 0 aliphatic heterocycles. The van der Waals surface area contributed by atoms with Gasteiger partial charge >= 0.3 is 6.18 Å². The Kier molecular flexibility index (Phi) is 6.32. The Balaban J connectivity index is 1.70. The number of aryl methyl sites for hydroxylation is 1. The molecule has 1 aliphatic carbocycles. The molecule has 0 heterocycles. The summed E-state index contributed by atoms with van der Waals surface area (Å²) in [6.07, 6.45) is -3.00. The fraction of sp³-hybridized carbons (Fsp3) is 0.409. The summed E-state index contributed by atoms with van der Waals surface area (Å²) in [6.45, 7) is 3.55. The monoisotopic (exact) mass is 470 g/mol. The number of carbonyl (C=O) groups excluding carboxylic acids is 1. The standard InChI is InChI=1S/C22H25F3N2O4S/c1-13-11-15(5-10-19(13)27-32(4,29)30)14(2)26-20(28)18-12-21(18,31-3)16-6-8-17(9-7-16)22(23,24)25/h5-11,14,18,27H,12H2,1-4H3,(H,26,28)/t14?,18-,21?/m0/s1. The molecule has 2 N–H and O–H groups in total. The number of rotatable bonds is 7. The molecule has 0 saturated heterocycles. The molecule has 0 bridgehead atoms. The van der Waals surface area contributed by atoms with Crippen molar-refractivity contribution >= 4 is 21.6 Å². The molecule has 3 rings (SSSR count). The van der Waals surface area contributed by atoms with E-state index in [0.717, 1.165) is 24.0 Å². The molecule has 0 radical (unpaired) electrons. The van der Waals surface area contributed by atoms with E-state index in [-0.39, 0.29) is 11.9 Å². The lowest BCUT2D eigenvalue weighted by Crippen LogP contribution is -2.31. The van der Waals surface area contributed by atoms with E-state index in [1.807, 2.05) is 0 Å². The predicted octanol–water partition coefficient (Wildman–Crippen LogP) is 4.12. The van der Waals surface area contributed by atoms with Gasteiger partial charge < -0.3 is 10.1 Å². The third-order valence-electron chi connectivity index (χ3n) is 5.70. The van der Waals surface area contributed by atoms with Crippen LogP contribution in [0.4, 0.5) is 18.9 Å². The van der Waals surface area contributed by atoms with Crippen molar-refractivity contribution in [3.63, 3.8) is 0 Å². The van der Waals surface area contributed by atoms with Gasteiger partial charge in [-0.3, -0.25) is 9.52 Å². The van der Waals surface area contributed by atoms with E-state index >= 15 is 0 Å². The van der Waals surface area contributed by atoms with Crippen LogP contribution in [0, 0.1) is 12.8 Å². The number of nitrogens with one attached hydrogen (secondary N) is 2. The molecular weight excluding hydrogens is 445 g/mol. The number of ether oxygens (including phenoxy) is 1. The average molecular weight is 471 g/mol. The zero-order valence-corrected chi connectivity index (χ0v) is 18.9. The van der Waals surface area contributed by atoms with Crippen molar-refractivity contribution in [1.82, 2.24) is 5.32 Å². The highest BCUT2D eigenvalue weighted by molar-refractivity contribution is 7.92. The molecule has 2 unspecified atom stereocenters. The quantitative estimate of drug-likeness (QED) is 0.638. The second-order valence-corrected chi connectivity index (χ2v) is 9.85. The number of amides is 1. The Labute approximate surface area is 185 Å². The number of benzene rings is 2. The van der Waals surface area contributed by atoms with Crippen LogP contribution in [0.1, 0.15) is 41.6 Å². The first-order chi connectivity index (χ1) is 14.8. The summed E-state index contributed by atoms with van der Waals surface area (Å²) in [6, 6.07) is 9.44. The lowest BCUT2D eigenvalue weighted by atomic mass is 10.0. The minimum Gasteiger partial charge on any atom is -0.373 e. The smallest absolute Gasteiger partial charge is 0.373 e. The molecule has 32 heavy (non-hydrogen) atoms. The Bertz CT molecular complexity index is 1120. The van der Waals surface area contributed by atoms with E-state index in [2.05, 4.69) is 10.0 Å². The highest BCUT2D eigenvalue weighted by atomic mass is 32.2. The van der Waals surface area contributed by atoms with Gasteiger partial charge in [0, 0.05) is 7.11 Å². The number of halogens is 3. The summed E-state index contributed by atoms with van der Waals surface area (Å²) in [4.78, 5) is 12.8. The third kappa shape index (κ3) is 5.07. The van der Waals surface area contributed by atoms with Gasteiger partial charge in [0.1, 0.15) is 5.60 Å². The van der Waals surface area contributed by atoms with Crippen molar-refractivity contribution in [3.8, 4) is 0 Å². The molecule has 6 nitrogen and oxygen atoms in total. The second kappa shape index (κ2) is 8.40. The predicted molar refractivity (Wildman–Crippen MR) is 114 cm³/mol. The highest BCUT2D eigenvalue weighted by Crippen LogP contribution is 2.55. The zero-order valence-electron chi connectivity index (χ0n) is 18.1. The second-order valence-electron chi connectivity index (χ2n) is 8.10. The van der Waals surface area contributed by atoms with Gasteiger partial charge in [-0.1, -0.05) is 24.3 Å². The van der Waals surface area contributed by atoms with Gasteiger partial charge in [-0.15, -0.1) is 0 Å². The number of hydrogen-bond donors (Lipinski definition) is 2. The minimum absolute atomic E-state index is 0.268. The molecule has 174 valence electrons. The maximum atomic E-state index is 12.8. The zero-order chi connectivity index (χ0) is 23.9. The number of alkyl halides is 3. The molecule has 1 amide bonds. The highest BCUT2D eigenvalue weighted by Gasteiger charge is 2.60. The number of sulfonamides is 1. The topological polar surface area (TPSA) is 84.5 Å². The lowest BCUT2D eigenvalue weighted by Gasteiger charge is -2.20. The summed E-state index contributed by atoms with van der Waals surface area (Å²) >= 11 is 0. The summed E-state index contributed by atoms with van der Waals surface area (Å²) in [7, 11) is -1.97. The van der Waals surface area contributed by atoms with Gasteiger partial charge in [0.2, 0.25) is 15.9 Å². The van der Waals surface area contributed by atoms with Crippen molar-refractivity contribution in [2.45, 2.75) is 38.1 Å².